The van der Waals surface area contributed by atoms with Crippen LogP contribution in [0.1, 0.15) is 31.2 Å². The van der Waals surface area contributed by atoms with Gasteiger partial charge in [-0.1, -0.05) is 0 Å². The lowest BCUT2D eigenvalue weighted by Crippen LogP contribution is -2.38. The van der Waals surface area contributed by atoms with Crippen LogP contribution >= 0.6 is 11.3 Å². The summed E-state index contributed by atoms with van der Waals surface area (Å²) in [5, 5.41) is 2.01. The summed E-state index contributed by atoms with van der Waals surface area (Å²) in [6.45, 7) is 7.55. The molecule has 0 unspecified atom stereocenters. The van der Waals surface area contributed by atoms with Crippen molar-refractivity contribution in [3.63, 3.8) is 0 Å². The Bertz CT molecular complexity index is 365. The van der Waals surface area contributed by atoms with E-state index in [2.05, 4.69) is 0 Å². The Hall–Kier alpha value is -0.870. The molecular formula is C12H19NO2S. The van der Waals surface area contributed by atoms with Crippen LogP contribution in [0.2, 0.25) is 0 Å². The van der Waals surface area contributed by atoms with E-state index in [-0.39, 0.29) is 5.97 Å². The molecule has 90 valence electrons. The second-order valence-corrected chi connectivity index (χ2v) is 5.87. The van der Waals surface area contributed by atoms with Gasteiger partial charge in [0.05, 0.1) is 0 Å². The molecule has 0 aliphatic rings. The fourth-order valence-electron chi connectivity index (χ4n) is 1.27. The van der Waals surface area contributed by atoms with Gasteiger partial charge in [0.2, 0.25) is 0 Å². The Labute approximate surface area is 101 Å². The van der Waals surface area contributed by atoms with Crippen LogP contribution in [0, 0.1) is 6.92 Å². The largest absolute Gasteiger partial charge is 0.459 e. The highest BCUT2D eigenvalue weighted by Gasteiger charge is 2.22. The van der Waals surface area contributed by atoms with Crippen molar-refractivity contribution < 1.29 is 9.53 Å². The Morgan fingerprint density at radius 2 is 2.19 bits per heavy atom. The molecule has 16 heavy (non-hydrogen) atoms. The lowest BCUT2D eigenvalue weighted by atomic mass is 10.1. The number of rotatable bonds is 3. The molecule has 3 nitrogen and oxygen atoms in total. The van der Waals surface area contributed by atoms with Gasteiger partial charge >= 0.3 is 5.97 Å². The molecule has 4 heteroatoms. The van der Waals surface area contributed by atoms with Crippen molar-refractivity contribution in [3.05, 3.63) is 21.9 Å². The summed E-state index contributed by atoms with van der Waals surface area (Å²) in [5.41, 5.74) is 6.53. The van der Waals surface area contributed by atoms with Gasteiger partial charge in [0.25, 0.3) is 0 Å². The van der Waals surface area contributed by atoms with Gasteiger partial charge in [-0.25, -0.2) is 0 Å². The normalized spacial score (nSPS) is 13.6. The molecule has 1 rings (SSSR count). The summed E-state index contributed by atoms with van der Waals surface area (Å²) in [5.74, 6) is -0.333. The van der Waals surface area contributed by atoms with E-state index in [9.17, 15) is 4.79 Å². The number of hydrogen-bond acceptors (Lipinski definition) is 4. The van der Waals surface area contributed by atoms with Crippen LogP contribution in [0.15, 0.2) is 11.4 Å². The van der Waals surface area contributed by atoms with Gasteiger partial charge in [-0.3, -0.25) is 4.79 Å². The topological polar surface area (TPSA) is 52.3 Å². The molecule has 0 aliphatic heterocycles. The monoisotopic (exact) mass is 241 g/mol. The molecule has 1 heterocycles. The van der Waals surface area contributed by atoms with Crippen molar-refractivity contribution in [1.29, 1.82) is 0 Å². The van der Waals surface area contributed by atoms with Gasteiger partial charge in [-0.05, 0) is 44.7 Å². The highest BCUT2D eigenvalue weighted by molar-refractivity contribution is 7.10. The van der Waals surface area contributed by atoms with Gasteiger partial charge in [0.15, 0.2) is 0 Å². The van der Waals surface area contributed by atoms with Gasteiger partial charge in [0, 0.05) is 11.3 Å². The van der Waals surface area contributed by atoms with Crippen LogP contribution in [0.25, 0.3) is 0 Å². The Balaban J connectivity index is 2.56. The third kappa shape index (κ3) is 3.94. The van der Waals surface area contributed by atoms with Crippen molar-refractivity contribution in [1.82, 2.24) is 0 Å². The predicted octanol–water partition coefficient (Wildman–Crippen LogP) is 2.27. The van der Waals surface area contributed by atoms with Crippen LogP contribution < -0.4 is 5.73 Å². The summed E-state index contributed by atoms with van der Waals surface area (Å²) in [6, 6.07) is 1.46. The molecule has 0 spiro atoms. The Morgan fingerprint density at radius 3 is 2.62 bits per heavy atom. The average Bonchev–Trinajstić information content (AvgIpc) is 2.49. The number of nitrogens with two attached hydrogens (primary N) is 1. The van der Waals surface area contributed by atoms with E-state index in [1.54, 1.807) is 11.3 Å². The van der Waals surface area contributed by atoms with Crippen molar-refractivity contribution in [3.8, 4) is 0 Å². The summed E-state index contributed by atoms with van der Waals surface area (Å²) in [4.78, 5) is 12.8. The second-order valence-electron chi connectivity index (χ2n) is 4.87. The fourth-order valence-corrected chi connectivity index (χ4v) is 2.24. The molecule has 2 N–H and O–H groups in total. The van der Waals surface area contributed by atoms with Gasteiger partial charge in [-0.2, -0.15) is 0 Å². The first-order valence-corrected chi connectivity index (χ1v) is 6.19. The van der Waals surface area contributed by atoms with E-state index >= 15 is 0 Å². The third-order valence-corrected chi connectivity index (χ3v) is 3.13. The molecule has 1 aromatic rings. The van der Waals surface area contributed by atoms with Gasteiger partial charge in [-0.15, -0.1) is 11.3 Å². The zero-order valence-corrected chi connectivity index (χ0v) is 11.1. The Morgan fingerprint density at radius 1 is 1.56 bits per heavy atom. The maximum atomic E-state index is 11.7. The maximum Gasteiger partial charge on any atom is 0.323 e. The van der Waals surface area contributed by atoms with E-state index in [0.29, 0.717) is 6.42 Å². The van der Waals surface area contributed by atoms with E-state index in [4.69, 9.17) is 10.5 Å². The van der Waals surface area contributed by atoms with Crippen LogP contribution in [0.3, 0.4) is 0 Å². The first kappa shape index (κ1) is 13.2. The molecule has 0 aliphatic carbocycles. The molecule has 0 aromatic carbocycles. The number of carbonyl (C=O) groups excluding carboxylic acids is 1. The second kappa shape index (κ2) is 4.97. The molecule has 0 bridgehead atoms. The van der Waals surface area contributed by atoms with E-state index < -0.39 is 11.6 Å². The number of hydrogen-bond donors (Lipinski definition) is 1. The number of thiophene rings is 1. The van der Waals surface area contributed by atoms with Crippen LogP contribution in [-0.4, -0.2) is 17.6 Å². The van der Waals surface area contributed by atoms with Crippen LogP contribution in [-0.2, 0) is 16.0 Å². The molecule has 0 saturated carbocycles. The van der Waals surface area contributed by atoms with Crippen molar-refractivity contribution >= 4 is 17.3 Å². The number of aryl methyl sites for hydroxylation is 1. The lowest BCUT2D eigenvalue weighted by Gasteiger charge is -2.22. The minimum absolute atomic E-state index is 0.333. The van der Waals surface area contributed by atoms with Crippen LogP contribution in [0.4, 0.5) is 0 Å². The zero-order chi connectivity index (χ0) is 12.3. The quantitative estimate of drug-likeness (QED) is 0.826. The minimum atomic E-state index is -0.573. The first-order chi connectivity index (χ1) is 7.29. The molecule has 1 atom stereocenters. The van der Waals surface area contributed by atoms with E-state index in [0.717, 1.165) is 4.88 Å². The van der Waals surface area contributed by atoms with E-state index in [1.165, 1.54) is 5.56 Å². The summed E-state index contributed by atoms with van der Waals surface area (Å²) >= 11 is 1.63. The minimum Gasteiger partial charge on any atom is -0.459 e. The predicted molar refractivity (Wildman–Crippen MR) is 66.6 cm³/mol. The highest BCUT2D eigenvalue weighted by atomic mass is 32.1. The summed E-state index contributed by atoms with van der Waals surface area (Å²) < 4.78 is 5.23. The van der Waals surface area contributed by atoms with Crippen molar-refractivity contribution in [2.45, 2.75) is 45.8 Å². The standard InChI is InChI=1S/C12H19NO2S/c1-8-5-6-16-10(8)7-9(13)11(14)15-12(2,3)4/h5-6,9H,7,13H2,1-4H3/t9-/m0/s1. The molecule has 0 radical (unpaired) electrons. The Kier molecular flexibility index (Phi) is 4.10. The summed E-state index contributed by atoms with van der Waals surface area (Å²) in [7, 11) is 0. The average molecular weight is 241 g/mol. The molecule has 0 saturated heterocycles. The first-order valence-electron chi connectivity index (χ1n) is 5.31. The van der Waals surface area contributed by atoms with Crippen LogP contribution in [0.5, 0.6) is 0 Å². The SMILES string of the molecule is Cc1ccsc1C[C@H](N)C(=O)OC(C)(C)C. The maximum absolute atomic E-state index is 11.7. The molecule has 0 fully saturated rings. The highest BCUT2D eigenvalue weighted by Crippen LogP contribution is 2.18. The molecular weight excluding hydrogens is 222 g/mol. The number of ether oxygens (including phenoxy) is 1. The van der Waals surface area contributed by atoms with Crippen molar-refractivity contribution in [2.75, 3.05) is 0 Å². The zero-order valence-electron chi connectivity index (χ0n) is 10.2. The molecule has 1 aromatic heterocycles. The third-order valence-electron chi connectivity index (χ3n) is 2.08. The van der Waals surface area contributed by atoms with Gasteiger partial charge in [0.1, 0.15) is 11.6 Å². The molecule has 0 amide bonds. The number of carbonyl (C=O) groups is 1. The lowest BCUT2D eigenvalue weighted by molar-refractivity contribution is -0.156. The fraction of sp³-hybridized carbons (Fsp3) is 0.583. The van der Waals surface area contributed by atoms with Crippen molar-refractivity contribution in [2.24, 2.45) is 5.73 Å². The summed E-state index contributed by atoms with van der Waals surface area (Å²) in [6.07, 6.45) is 0.554. The number of esters is 1. The van der Waals surface area contributed by atoms with E-state index in [1.807, 2.05) is 39.1 Å². The van der Waals surface area contributed by atoms with Gasteiger partial charge < -0.3 is 10.5 Å². The smallest absolute Gasteiger partial charge is 0.323 e.